The number of nitrogens with zero attached hydrogens (tertiary/aromatic N) is 3. The lowest BCUT2D eigenvalue weighted by atomic mass is 10.2. The van der Waals surface area contributed by atoms with Crippen LogP contribution in [0.3, 0.4) is 0 Å². The summed E-state index contributed by atoms with van der Waals surface area (Å²) in [5.41, 5.74) is 0. The van der Waals surface area contributed by atoms with E-state index in [0.717, 1.165) is 4.90 Å². The fourth-order valence-corrected chi connectivity index (χ4v) is 4.11. The Hall–Kier alpha value is -1.90. The molecule has 0 spiro atoms. The first-order chi connectivity index (χ1) is 9.87. The van der Waals surface area contributed by atoms with Crippen LogP contribution in [0.2, 0.25) is 0 Å². The molecule has 21 heavy (non-hydrogen) atoms. The molecule has 1 fully saturated rings. The molecule has 0 aliphatic carbocycles. The third-order valence-corrected chi connectivity index (χ3v) is 5.14. The number of carbonyl (C=O) groups is 2. The average Bonchev–Trinajstić information content (AvgIpc) is 3.02. The van der Waals surface area contributed by atoms with Gasteiger partial charge in [0.2, 0.25) is 5.91 Å². The Bertz CT molecular complexity index is 611. The van der Waals surface area contributed by atoms with Crippen LogP contribution in [0, 0.1) is 0 Å². The second-order valence-corrected chi connectivity index (χ2v) is 7.22. The number of hydrogen-bond acceptors (Lipinski definition) is 5. The van der Waals surface area contributed by atoms with Gasteiger partial charge in [0, 0.05) is 31.4 Å². The number of carbonyl (C=O) groups excluding carboxylic acids is 1. The second kappa shape index (κ2) is 6.25. The predicted molar refractivity (Wildman–Crippen MR) is 73.3 cm³/mol. The van der Waals surface area contributed by atoms with E-state index in [9.17, 15) is 18.0 Å². The monoisotopic (exact) mass is 315 g/mol. The summed E-state index contributed by atoms with van der Waals surface area (Å²) in [4.78, 5) is 24.3. The Balaban J connectivity index is 2.01. The zero-order valence-electron chi connectivity index (χ0n) is 11.4. The highest BCUT2D eigenvalue weighted by molar-refractivity contribution is 7.91. The van der Waals surface area contributed by atoms with Crippen LogP contribution in [0.15, 0.2) is 18.5 Å². The maximum atomic E-state index is 12.2. The van der Waals surface area contributed by atoms with Crippen LogP contribution in [0.5, 0.6) is 0 Å². The van der Waals surface area contributed by atoms with E-state index in [1.54, 1.807) is 23.1 Å². The number of aromatic nitrogens is 2. The van der Waals surface area contributed by atoms with Crippen molar-refractivity contribution >= 4 is 21.7 Å². The summed E-state index contributed by atoms with van der Waals surface area (Å²) in [5, 5.41) is 12.9. The molecule has 1 aliphatic heterocycles. The number of carboxylic acid groups (broad SMARTS) is 1. The van der Waals surface area contributed by atoms with Gasteiger partial charge in [-0.05, 0) is 12.5 Å². The maximum Gasteiger partial charge on any atom is 0.323 e. The lowest BCUT2D eigenvalue weighted by molar-refractivity contribution is -0.146. The van der Waals surface area contributed by atoms with Gasteiger partial charge in [0.25, 0.3) is 0 Å². The van der Waals surface area contributed by atoms with Gasteiger partial charge in [-0.25, -0.2) is 8.42 Å². The molecule has 1 N–H and O–H groups in total. The van der Waals surface area contributed by atoms with Gasteiger partial charge in [-0.1, -0.05) is 0 Å². The number of rotatable bonds is 6. The van der Waals surface area contributed by atoms with Crippen LogP contribution in [0.1, 0.15) is 12.8 Å². The molecular formula is C12H17N3O5S. The quantitative estimate of drug-likeness (QED) is 0.749. The third-order valence-electron chi connectivity index (χ3n) is 3.39. The average molecular weight is 315 g/mol. The van der Waals surface area contributed by atoms with Crippen molar-refractivity contribution in [3.63, 3.8) is 0 Å². The van der Waals surface area contributed by atoms with Gasteiger partial charge in [-0.3, -0.25) is 14.3 Å². The number of sulfone groups is 1. The summed E-state index contributed by atoms with van der Waals surface area (Å²) in [6.45, 7) is -0.139. The first-order valence-corrected chi connectivity index (χ1v) is 8.38. The summed E-state index contributed by atoms with van der Waals surface area (Å²) in [5.74, 6) is -1.67. The van der Waals surface area contributed by atoms with Gasteiger partial charge in [0.1, 0.15) is 6.54 Å². The van der Waals surface area contributed by atoms with Crippen molar-refractivity contribution in [1.82, 2.24) is 14.7 Å². The molecular weight excluding hydrogens is 298 g/mol. The van der Waals surface area contributed by atoms with E-state index >= 15 is 0 Å². The summed E-state index contributed by atoms with van der Waals surface area (Å²) < 4.78 is 24.6. The van der Waals surface area contributed by atoms with Crippen LogP contribution in [0.25, 0.3) is 0 Å². The number of aryl methyl sites for hydroxylation is 1. The zero-order chi connectivity index (χ0) is 15.5. The van der Waals surface area contributed by atoms with Crippen molar-refractivity contribution < 1.29 is 23.1 Å². The minimum atomic E-state index is -3.17. The van der Waals surface area contributed by atoms with E-state index in [1.165, 1.54) is 0 Å². The van der Waals surface area contributed by atoms with Gasteiger partial charge in [0.05, 0.1) is 11.5 Å². The zero-order valence-corrected chi connectivity index (χ0v) is 12.2. The molecule has 2 rings (SSSR count). The van der Waals surface area contributed by atoms with Crippen molar-refractivity contribution in [2.45, 2.75) is 25.4 Å². The van der Waals surface area contributed by atoms with Crippen LogP contribution in [-0.4, -0.2) is 64.2 Å². The molecule has 116 valence electrons. The summed E-state index contributed by atoms with van der Waals surface area (Å²) in [6.07, 6.45) is 3.67. The minimum absolute atomic E-state index is 0.000220. The molecule has 1 aromatic rings. The molecule has 9 heteroatoms. The second-order valence-electron chi connectivity index (χ2n) is 4.99. The van der Waals surface area contributed by atoms with Gasteiger partial charge < -0.3 is 10.0 Å². The lowest BCUT2D eigenvalue weighted by Gasteiger charge is -2.26. The molecule has 0 bridgehead atoms. The Labute approximate surface area is 122 Å². The number of amides is 1. The Morgan fingerprint density at radius 2 is 2.19 bits per heavy atom. The van der Waals surface area contributed by atoms with Crippen molar-refractivity contribution in [1.29, 1.82) is 0 Å². The SMILES string of the molecule is O=C(O)CN(C(=O)CCn1cccn1)C1CCS(=O)(=O)C1. The van der Waals surface area contributed by atoms with Crippen LogP contribution >= 0.6 is 0 Å². The van der Waals surface area contributed by atoms with Crippen molar-refractivity contribution in [2.24, 2.45) is 0 Å². The molecule has 0 radical (unpaired) electrons. The largest absolute Gasteiger partial charge is 0.480 e. The summed E-state index contributed by atoms with van der Waals surface area (Å²) >= 11 is 0. The summed E-state index contributed by atoms with van der Waals surface area (Å²) in [6, 6.07) is 1.18. The fraction of sp³-hybridized carbons (Fsp3) is 0.583. The first-order valence-electron chi connectivity index (χ1n) is 6.56. The molecule has 1 aromatic heterocycles. The highest BCUT2D eigenvalue weighted by Gasteiger charge is 2.35. The molecule has 1 amide bonds. The highest BCUT2D eigenvalue weighted by Crippen LogP contribution is 2.18. The standard InChI is InChI=1S/C12H17N3O5S/c16-11(2-6-14-5-1-4-13-14)15(8-12(17)18)10-3-7-21(19,20)9-10/h1,4-5,10H,2-3,6-9H2,(H,17,18). The first kappa shape index (κ1) is 15.5. The van der Waals surface area contributed by atoms with Crippen LogP contribution in [0.4, 0.5) is 0 Å². The normalized spacial score (nSPS) is 20.3. The van der Waals surface area contributed by atoms with Gasteiger partial charge in [-0.15, -0.1) is 0 Å². The molecule has 0 aromatic carbocycles. The number of carboxylic acids is 1. The minimum Gasteiger partial charge on any atom is -0.480 e. The Morgan fingerprint density at radius 1 is 1.43 bits per heavy atom. The predicted octanol–water partition coefficient (Wildman–Crippen LogP) is -0.627. The lowest BCUT2D eigenvalue weighted by Crippen LogP contribution is -2.44. The molecule has 1 unspecified atom stereocenters. The Kier molecular flexibility index (Phi) is 4.61. The van der Waals surface area contributed by atoms with E-state index < -0.39 is 28.4 Å². The number of aliphatic carboxylic acids is 1. The Morgan fingerprint density at radius 3 is 2.71 bits per heavy atom. The number of hydrogen-bond donors (Lipinski definition) is 1. The maximum absolute atomic E-state index is 12.2. The van der Waals surface area contributed by atoms with Crippen molar-refractivity contribution in [3.8, 4) is 0 Å². The molecule has 1 aliphatic rings. The smallest absolute Gasteiger partial charge is 0.323 e. The fourth-order valence-electron chi connectivity index (χ4n) is 2.37. The molecule has 2 heterocycles. The van der Waals surface area contributed by atoms with E-state index in [0.29, 0.717) is 13.0 Å². The molecule has 8 nitrogen and oxygen atoms in total. The van der Waals surface area contributed by atoms with E-state index in [4.69, 9.17) is 5.11 Å². The topological polar surface area (TPSA) is 110 Å². The van der Waals surface area contributed by atoms with E-state index in [-0.39, 0.29) is 23.8 Å². The highest BCUT2D eigenvalue weighted by atomic mass is 32.2. The third kappa shape index (κ3) is 4.28. The van der Waals surface area contributed by atoms with Crippen molar-refractivity contribution in [2.75, 3.05) is 18.1 Å². The van der Waals surface area contributed by atoms with E-state index in [1.807, 2.05) is 0 Å². The van der Waals surface area contributed by atoms with Crippen LogP contribution < -0.4 is 0 Å². The van der Waals surface area contributed by atoms with E-state index in [2.05, 4.69) is 5.10 Å². The molecule has 1 atom stereocenters. The van der Waals surface area contributed by atoms with Crippen LogP contribution in [-0.2, 0) is 26.0 Å². The van der Waals surface area contributed by atoms with Gasteiger partial charge in [0.15, 0.2) is 9.84 Å². The van der Waals surface area contributed by atoms with Gasteiger partial charge in [-0.2, -0.15) is 5.10 Å². The molecule has 0 saturated carbocycles. The summed E-state index contributed by atoms with van der Waals surface area (Å²) in [7, 11) is -3.17. The molecule has 1 saturated heterocycles. The van der Waals surface area contributed by atoms with Gasteiger partial charge >= 0.3 is 5.97 Å². The van der Waals surface area contributed by atoms with Crippen molar-refractivity contribution in [3.05, 3.63) is 18.5 Å².